The fraction of sp³-hybridized carbons (Fsp3) is 0.118. The van der Waals surface area contributed by atoms with Crippen molar-refractivity contribution in [2.75, 3.05) is 0 Å². The van der Waals surface area contributed by atoms with Crippen molar-refractivity contribution in [3.8, 4) is 10.4 Å². The van der Waals surface area contributed by atoms with Crippen LogP contribution < -0.4 is 5.56 Å². The molecule has 3 heterocycles. The van der Waals surface area contributed by atoms with E-state index in [4.69, 9.17) is 0 Å². The summed E-state index contributed by atoms with van der Waals surface area (Å²) in [4.78, 5) is 18.1. The highest BCUT2D eigenvalue weighted by molar-refractivity contribution is 7.22. The Balaban J connectivity index is 1.69. The maximum atomic E-state index is 12.6. The van der Waals surface area contributed by atoms with E-state index in [9.17, 15) is 4.79 Å². The number of rotatable bonds is 4. The first-order valence-corrected chi connectivity index (χ1v) is 8.15. The molecule has 0 spiro atoms. The van der Waals surface area contributed by atoms with Gasteiger partial charge in [-0.05, 0) is 17.7 Å². The van der Waals surface area contributed by atoms with Crippen LogP contribution in [0.4, 0.5) is 0 Å². The predicted octanol–water partition coefficient (Wildman–Crippen LogP) is 3.02. The minimum atomic E-state index is 0.00865. The van der Waals surface area contributed by atoms with Gasteiger partial charge in [-0.3, -0.25) is 14.0 Å². The molecule has 0 aliphatic carbocycles. The first-order chi connectivity index (χ1) is 11.3. The van der Waals surface area contributed by atoms with Gasteiger partial charge in [0.15, 0.2) is 0 Å². The van der Waals surface area contributed by atoms with Gasteiger partial charge in [0, 0.05) is 23.8 Å². The van der Waals surface area contributed by atoms with Gasteiger partial charge in [-0.15, -0.1) is 11.3 Å². The Bertz CT molecular complexity index is 987. The van der Waals surface area contributed by atoms with Gasteiger partial charge >= 0.3 is 0 Å². The Hall–Kier alpha value is -2.73. The molecule has 0 unspecified atom stereocenters. The van der Waals surface area contributed by atoms with Crippen LogP contribution in [0.3, 0.4) is 0 Å². The fourth-order valence-corrected chi connectivity index (χ4v) is 3.56. The van der Waals surface area contributed by atoms with E-state index in [1.165, 1.54) is 11.3 Å². The van der Waals surface area contributed by atoms with Crippen LogP contribution in [0.1, 0.15) is 0 Å². The summed E-state index contributed by atoms with van der Waals surface area (Å²) in [7, 11) is 0. The van der Waals surface area contributed by atoms with Gasteiger partial charge in [-0.2, -0.15) is 5.10 Å². The number of aryl methyl sites for hydroxylation is 2. The van der Waals surface area contributed by atoms with Crippen molar-refractivity contribution in [2.45, 2.75) is 13.1 Å². The molecule has 0 radical (unpaired) electrons. The number of hydrogen-bond acceptors (Lipinski definition) is 4. The monoisotopic (exact) mass is 322 g/mol. The Morgan fingerprint density at radius 2 is 1.96 bits per heavy atom. The molecule has 114 valence electrons. The summed E-state index contributed by atoms with van der Waals surface area (Å²) in [5.74, 6) is 0. The first kappa shape index (κ1) is 13.9. The summed E-state index contributed by atoms with van der Waals surface area (Å²) in [6.45, 7) is 1.21. The van der Waals surface area contributed by atoms with E-state index < -0.39 is 0 Å². The van der Waals surface area contributed by atoms with Gasteiger partial charge in [-0.1, -0.05) is 30.3 Å². The van der Waals surface area contributed by atoms with Crippen molar-refractivity contribution < 1.29 is 0 Å². The van der Waals surface area contributed by atoms with Gasteiger partial charge in [0.2, 0.25) is 0 Å². The normalized spacial score (nSPS) is 11.1. The highest BCUT2D eigenvalue weighted by Crippen LogP contribution is 2.30. The second-order valence-corrected chi connectivity index (χ2v) is 6.26. The lowest BCUT2D eigenvalue weighted by atomic mass is 10.2. The number of hydrogen-bond donors (Lipinski definition) is 0. The second-order valence-electron chi connectivity index (χ2n) is 5.20. The van der Waals surface area contributed by atoms with Crippen LogP contribution in [0.2, 0.25) is 0 Å². The second kappa shape index (κ2) is 5.81. The summed E-state index contributed by atoms with van der Waals surface area (Å²) in [6.07, 6.45) is 5.24. The zero-order chi connectivity index (χ0) is 15.6. The summed E-state index contributed by atoms with van der Waals surface area (Å²) in [6, 6.07) is 13.9. The number of fused-ring (bicyclic) bond motifs is 1. The standard InChI is InChI=1S/C17H14N4OS/c22-17-16-14(11-15(23-16)13-5-2-1-3-6-13)18-12-20(17)9-10-21-8-4-7-19-21/h1-8,11-12H,9-10H2. The molecule has 0 bridgehead atoms. The molecule has 0 saturated heterocycles. The van der Waals surface area contributed by atoms with Gasteiger partial charge in [0.05, 0.1) is 18.4 Å². The van der Waals surface area contributed by atoms with E-state index in [0.717, 1.165) is 16.0 Å². The largest absolute Gasteiger partial charge is 0.296 e. The molecule has 4 rings (SSSR count). The zero-order valence-corrected chi connectivity index (χ0v) is 13.1. The van der Waals surface area contributed by atoms with Crippen LogP contribution in [-0.2, 0) is 13.1 Å². The molecule has 0 saturated carbocycles. The zero-order valence-electron chi connectivity index (χ0n) is 12.3. The third kappa shape index (κ3) is 2.68. The Kier molecular flexibility index (Phi) is 3.51. The van der Waals surface area contributed by atoms with Crippen molar-refractivity contribution in [3.05, 3.63) is 71.5 Å². The Morgan fingerprint density at radius 1 is 1.09 bits per heavy atom. The van der Waals surface area contributed by atoms with Crippen molar-refractivity contribution >= 4 is 21.6 Å². The molecule has 0 atom stereocenters. The summed E-state index contributed by atoms with van der Waals surface area (Å²) in [5.41, 5.74) is 1.88. The average molecular weight is 322 g/mol. The summed E-state index contributed by atoms with van der Waals surface area (Å²) in [5, 5.41) is 4.15. The molecule has 5 nitrogen and oxygen atoms in total. The number of thiophene rings is 1. The smallest absolute Gasteiger partial charge is 0.271 e. The van der Waals surface area contributed by atoms with Crippen molar-refractivity contribution in [1.29, 1.82) is 0 Å². The third-order valence-corrected chi connectivity index (χ3v) is 4.85. The van der Waals surface area contributed by atoms with E-state index in [-0.39, 0.29) is 5.56 Å². The Labute approximate surface area is 136 Å². The van der Waals surface area contributed by atoms with Crippen molar-refractivity contribution in [1.82, 2.24) is 19.3 Å². The van der Waals surface area contributed by atoms with Crippen LogP contribution >= 0.6 is 11.3 Å². The molecule has 3 aromatic heterocycles. The molecule has 1 aromatic carbocycles. The predicted molar refractivity (Wildman–Crippen MR) is 91.5 cm³/mol. The lowest BCUT2D eigenvalue weighted by Crippen LogP contribution is -2.22. The maximum Gasteiger partial charge on any atom is 0.271 e. The minimum Gasteiger partial charge on any atom is -0.296 e. The Morgan fingerprint density at radius 3 is 2.74 bits per heavy atom. The molecule has 0 amide bonds. The van der Waals surface area contributed by atoms with Gasteiger partial charge in [-0.25, -0.2) is 4.98 Å². The van der Waals surface area contributed by atoms with E-state index in [1.54, 1.807) is 21.8 Å². The third-order valence-electron chi connectivity index (χ3n) is 3.69. The minimum absolute atomic E-state index is 0.00865. The molecule has 6 heteroatoms. The highest BCUT2D eigenvalue weighted by Gasteiger charge is 2.10. The van der Waals surface area contributed by atoms with Gasteiger partial charge in [0.25, 0.3) is 5.56 Å². The number of nitrogens with zero attached hydrogens (tertiary/aromatic N) is 4. The molecule has 0 N–H and O–H groups in total. The summed E-state index contributed by atoms with van der Waals surface area (Å²) < 4.78 is 4.15. The molecule has 0 fully saturated rings. The number of aromatic nitrogens is 4. The van der Waals surface area contributed by atoms with Crippen LogP contribution in [-0.4, -0.2) is 19.3 Å². The van der Waals surface area contributed by atoms with Gasteiger partial charge in [0.1, 0.15) is 4.70 Å². The molecule has 4 aromatic rings. The van der Waals surface area contributed by atoms with Crippen LogP contribution in [0, 0.1) is 0 Å². The molecule has 0 aliphatic heterocycles. The van der Waals surface area contributed by atoms with Crippen molar-refractivity contribution in [2.24, 2.45) is 0 Å². The van der Waals surface area contributed by atoms with Crippen LogP contribution in [0.15, 0.2) is 66.0 Å². The first-order valence-electron chi connectivity index (χ1n) is 7.33. The number of benzene rings is 1. The van der Waals surface area contributed by atoms with Crippen LogP contribution in [0.25, 0.3) is 20.7 Å². The average Bonchev–Trinajstić information content (AvgIpc) is 3.25. The molecular formula is C17H14N4OS. The molecule has 23 heavy (non-hydrogen) atoms. The van der Waals surface area contributed by atoms with E-state index in [0.29, 0.717) is 17.8 Å². The topological polar surface area (TPSA) is 52.7 Å². The fourth-order valence-electron chi connectivity index (χ4n) is 2.49. The summed E-state index contributed by atoms with van der Waals surface area (Å²) >= 11 is 1.50. The van der Waals surface area contributed by atoms with E-state index >= 15 is 0 Å². The lowest BCUT2D eigenvalue weighted by Gasteiger charge is -2.04. The van der Waals surface area contributed by atoms with Gasteiger partial charge < -0.3 is 0 Å². The van der Waals surface area contributed by atoms with Crippen molar-refractivity contribution in [3.63, 3.8) is 0 Å². The quantitative estimate of drug-likeness (QED) is 0.580. The maximum absolute atomic E-state index is 12.6. The highest BCUT2D eigenvalue weighted by atomic mass is 32.1. The van der Waals surface area contributed by atoms with E-state index in [2.05, 4.69) is 10.1 Å². The van der Waals surface area contributed by atoms with E-state index in [1.807, 2.05) is 48.7 Å². The van der Waals surface area contributed by atoms with Crippen LogP contribution in [0.5, 0.6) is 0 Å². The molecule has 0 aliphatic rings. The SMILES string of the molecule is O=c1c2sc(-c3ccccc3)cc2ncn1CCn1cccn1. The molecular weight excluding hydrogens is 308 g/mol. The lowest BCUT2D eigenvalue weighted by molar-refractivity contribution is 0.522.